The molecule has 0 spiro atoms. The number of nitrogens with zero attached hydrogens (tertiary/aromatic N) is 5. The third-order valence-electron chi connectivity index (χ3n) is 5.26. The second kappa shape index (κ2) is 8.96. The molecule has 178 valence electrons. The third kappa shape index (κ3) is 5.05. The van der Waals surface area contributed by atoms with Crippen LogP contribution < -0.4 is 10.2 Å². The molecule has 1 fully saturated rings. The maximum absolute atomic E-state index is 12.7. The van der Waals surface area contributed by atoms with Crippen molar-refractivity contribution in [2.75, 3.05) is 36.4 Å². The Bertz CT molecular complexity index is 1220. The lowest BCUT2D eigenvalue weighted by molar-refractivity contribution is -0.384. The zero-order chi connectivity index (χ0) is 24.5. The minimum atomic E-state index is -0.532. The minimum Gasteiger partial charge on any atom is -0.444 e. The normalized spacial score (nSPS) is 14.2. The summed E-state index contributed by atoms with van der Waals surface area (Å²) in [6.45, 7) is 7.84. The summed E-state index contributed by atoms with van der Waals surface area (Å²) in [7, 11) is 0. The molecule has 0 atom stereocenters. The molecule has 4 rings (SSSR count). The molecule has 3 heterocycles. The Morgan fingerprint density at radius 1 is 1.15 bits per heavy atom. The number of aromatic nitrogens is 3. The Labute approximate surface area is 195 Å². The first-order valence-corrected chi connectivity index (χ1v) is 10.7. The summed E-state index contributed by atoms with van der Waals surface area (Å²) in [5, 5.41) is 20.8. The molecule has 2 amide bonds. The first-order chi connectivity index (χ1) is 16.1. The Kier molecular flexibility index (Phi) is 6.05. The maximum atomic E-state index is 12.7. The molecule has 12 heteroatoms. The van der Waals surface area contributed by atoms with Crippen LogP contribution in [0.15, 0.2) is 36.5 Å². The average molecular weight is 467 g/mol. The summed E-state index contributed by atoms with van der Waals surface area (Å²) in [4.78, 5) is 43.5. The molecular weight excluding hydrogens is 442 g/mol. The molecule has 1 saturated heterocycles. The van der Waals surface area contributed by atoms with Gasteiger partial charge in [-0.2, -0.15) is 5.10 Å². The van der Waals surface area contributed by atoms with E-state index in [-0.39, 0.29) is 17.5 Å². The van der Waals surface area contributed by atoms with Crippen LogP contribution in [-0.4, -0.2) is 68.8 Å². The van der Waals surface area contributed by atoms with E-state index in [1.54, 1.807) is 17.2 Å². The topological polar surface area (TPSA) is 147 Å². The fourth-order valence-electron chi connectivity index (χ4n) is 3.58. The van der Waals surface area contributed by atoms with Crippen molar-refractivity contribution in [1.29, 1.82) is 0 Å². The van der Waals surface area contributed by atoms with Gasteiger partial charge in [0.1, 0.15) is 11.4 Å². The Balaban J connectivity index is 1.38. The number of aromatic amines is 1. The molecule has 34 heavy (non-hydrogen) atoms. The molecule has 0 saturated carbocycles. The largest absolute Gasteiger partial charge is 0.444 e. The van der Waals surface area contributed by atoms with Crippen LogP contribution >= 0.6 is 0 Å². The van der Waals surface area contributed by atoms with Crippen molar-refractivity contribution in [3.63, 3.8) is 0 Å². The number of hydrogen-bond acceptors (Lipinski definition) is 8. The van der Waals surface area contributed by atoms with E-state index in [0.717, 1.165) is 5.69 Å². The number of amides is 2. The maximum Gasteiger partial charge on any atom is 0.410 e. The van der Waals surface area contributed by atoms with Crippen molar-refractivity contribution in [1.82, 2.24) is 20.1 Å². The van der Waals surface area contributed by atoms with Crippen LogP contribution in [0.25, 0.3) is 10.9 Å². The van der Waals surface area contributed by atoms with Crippen molar-refractivity contribution >= 4 is 40.1 Å². The van der Waals surface area contributed by atoms with Crippen LogP contribution in [0.5, 0.6) is 0 Å². The van der Waals surface area contributed by atoms with E-state index in [1.807, 2.05) is 26.8 Å². The number of nitro benzene ring substituents is 1. The van der Waals surface area contributed by atoms with Gasteiger partial charge in [0.25, 0.3) is 11.6 Å². The van der Waals surface area contributed by atoms with Gasteiger partial charge in [-0.15, -0.1) is 0 Å². The molecule has 2 N–H and O–H groups in total. The van der Waals surface area contributed by atoms with Crippen molar-refractivity contribution < 1.29 is 19.2 Å². The van der Waals surface area contributed by atoms with Gasteiger partial charge in [0.05, 0.1) is 22.3 Å². The van der Waals surface area contributed by atoms with E-state index < -0.39 is 16.4 Å². The number of anilines is 2. The molecule has 12 nitrogen and oxygen atoms in total. The summed E-state index contributed by atoms with van der Waals surface area (Å²) < 4.78 is 5.42. The van der Waals surface area contributed by atoms with Crippen LogP contribution in [0.1, 0.15) is 31.3 Å². The second-order valence-corrected chi connectivity index (χ2v) is 8.87. The van der Waals surface area contributed by atoms with Crippen LogP contribution in [0.4, 0.5) is 22.0 Å². The smallest absolute Gasteiger partial charge is 0.410 e. The Morgan fingerprint density at radius 2 is 1.88 bits per heavy atom. The summed E-state index contributed by atoms with van der Waals surface area (Å²) in [6.07, 6.45) is 1.33. The van der Waals surface area contributed by atoms with Crippen molar-refractivity contribution in [3.8, 4) is 0 Å². The molecule has 1 aliphatic heterocycles. The quantitative estimate of drug-likeness (QED) is 0.439. The molecule has 3 aromatic rings. The zero-order valence-corrected chi connectivity index (χ0v) is 19.1. The summed E-state index contributed by atoms with van der Waals surface area (Å²) >= 11 is 0. The number of ether oxygens (including phenoxy) is 1. The molecule has 0 aliphatic carbocycles. The van der Waals surface area contributed by atoms with Gasteiger partial charge in [-0.05, 0) is 39.0 Å². The summed E-state index contributed by atoms with van der Waals surface area (Å²) in [5.74, 6) is -0.208. The molecule has 0 unspecified atom stereocenters. The lowest BCUT2D eigenvalue weighted by Gasteiger charge is -2.36. The van der Waals surface area contributed by atoms with E-state index in [0.29, 0.717) is 42.9 Å². The number of carbonyl (C=O) groups excluding carboxylic acids is 2. The number of fused-ring (bicyclic) bond motifs is 1. The molecule has 1 aliphatic rings. The van der Waals surface area contributed by atoms with E-state index in [2.05, 4.69) is 25.4 Å². The number of H-pyrrole nitrogens is 1. The van der Waals surface area contributed by atoms with E-state index >= 15 is 0 Å². The number of rotatable bonds is 4. The van der Waals surface area contributed by atoms with Crippen LogP contribution in [0.2, 0.25) is 0 Å². The Morgan fingerprint density at radius 3 is 2.50 bits per heavy atom. The first-order valence-electron chi connectivity index (χ1n) is 10.7. The number of nitrogens with one attached hydrogen (secondary N) is 2. The number of nitro groups is 1. The highest BCUT2D eigenvalue weighted by molar-refractivity contribution is 6.11. The van der Waals surface area contributed by atoms with Crippen LogP contribution in [-0.2, 0) is 4.74 Å². The van der Waals surface area contributed by atoms with Crippen molar-refractivity contribution in [2.45, 2.75) is 26.4 Å². The lowest BCUT2D eigenvalue weighted by atomic mass is 10.2. The molecule has 0 radical (unpaired) electrons. The van der Waals surface area contributed by atoms with E-state index in [1.165, 1.54) is 18.2 Å². The lowest BCUT2D eigenvalue weighted by Crippen LogP contribution is -2.50. The fourth-order valence-corrected chi connectivity index (χ4v) is 3.58. The molecule has 2 aromatic heterocycles. The first kappa shape index (κ1) is 23.0. The monoisotopic (exact) mass is 467 g/mol. The number of carbonyl (C=O) groups is 2. The number of piperazine rings is 1. The minimum absolute atomic E-state index is 0.0443. The van der Waals surface area contributed by atoms with E-state index in [9.17, 15) is 19.7 Å². The van der Waals surface area contributed by atoms with Gasteiger partial charge in [0, 0.05) is 43.7 Å². The van der Waals surface area contributed by atoms with Gasteiger partial charge in [0.15, 0.2) is 5.69 Å². The number of non-ortho nitro benzene ring substituents is 1. The highest BCUT2D eigenvalue weighted by Crippen LogP contribution is 2.23. The fraction of sp³-hybridized carbons (Fsp3) is 0.364. The van der Waals surface area contributed by atoms with Crippen LogP contribution in [0.3, 0.4) is 0 Å². The summed E-state index contributed by atoms with van der Waals surface area (Å²) in [6, 6.07) is 7.66. The Hall–Kier alpha value is -4.22. The summed E-state index contributed by atoms with van der Waals surface area (Å²) in [5.41, 5.74) is 0.766. The van der Waals surface area contributed by atoms with Crippen molar-refractivity contribution in [3.05, 3.63) is 52.3 Å². The van der Waals surface area contributed by atoms with Crippen LogP contribution in [0, 0.1) is 10.1 Å². The third-order valence-corrected chi connectivity index (χ3v) is 5.26. The SMILES string of the molecule is CC(C)(C)OC(=O)N1CCN(c2ccc(NC(=O)c3n[nH]c4ccc([N+](=O)[O-])cc34)nc2)CC1. The predicted octanol–water partition coefficient (Wildman–Crippen LogP) is 3.18. The van der Waals surface area contributed by atoms with Gasteiger partial charge in [-0.1, -0.05) is 0 Å². The van der Waals surface area contributed by atoms with Gasteiger partial charge in [-0.3, -0.25) is 20.0 Å². The van der Waals surface area contributed by atoms with Crippen molar-refractivity contribution in [2.24, 2.45) is 0 Å². The molecular formula is C22H25N7O5. The molecule has 1 aromatic carbocycles. The highest BCUT2D eigenvalue weighted by atomic mass is 16.6. The average Bonchev–Trinajstić information content (AvgIpc) is 3.22. The predicted molar refractivity (Wildman–Crippen MR) is 125 cm³/mol. The zero-order valence-electron chi connectivity index (χ0n) is 19.1. The van der Waals surface area contributed by atoms with Gasteiger partial charge in [-0.25, -0.2) is 9.78 Å². The molecule has 0 bridgehead atoms. The van der Waals surface area contributed by atoms with Gasteiger partial charge < -0.3 is 19.9 Å². The highest BCUT2D eigenvalue weighted by Gasteiger charge is 2.26. The number of hydrogen-bond donors (Lipinski definition) is 2. The van der Waals surface area contributed by atoms with Gasteiger partial charge in [0.2, 0.25) is 0 Å². The number of pyridine rings is 1. The second-order valence-electron chi connectivity index (χ2n) is 8.87. The standard InChI is InChI=1S/C22H25N7O5/c1-22(2,3)34-21(31)28-10-8-27(9-11-28)15-5-7-18(23-13-15)24-20(30)19-16-12-14(29(32)33)4-6-17(16)25-26-19/h4-7,12-13H,8-11H2,1-3H3,(H,25,26)(H,23,24,30). The van der Waals surface area contributed by atoms with Gasteiger partial charge >= 0.3 is 6.09 Å². The number of benzene rings is 1. The van der Waals surface area contributed by atoms with E-state index in [4.69, 9.17) is 4.74 Å².